The van der Waals surface area contributed by atoms with Gasteiger partial charge in [0.1, 0.15) is 5.75 Å². The first-order valence-electron chi connectivity index (χ1n) is 6.48. The minimum Gasteiger partial charge on any atom is -0.496 e. The molecule has 0 bridgehead atoms. The highest BCUT2D eigenvalue weighted by molar-refractivity contribution is 6.31. The van der Waals surface area contributed by atoms with E-state index in [-0.39, 0.29) is 5.91 Å². The van der Waals surface area contributed by atoms with E-state index in [2.05, 4.69) is 10.6 Å². The molecular weight excluding hydrogens is 288 g/mol. The van der Waals surface area contributed by atoms with Gasteiger partial charge in [0.15, 0.2) is 0 Å². The van der Waals surface area contributed by atoms with Crippen LogP contribution in [0.5, 0.6) is 5.75 Å². The zero-order valence-electron chi connectivity index (χ0n) is 12.2. The number of carbonyl (C=O) groups is 1. The Bertz CT molecular complexity index is 671. The zero-order chi connectivity index (χ0) is 15.4. The van der Waals surface area contributed by atoms with Crippen molar-refractivity contribution in [1.29, 1.82) is 0 Å². The molecular formula is C16H17ClN2O2. The minimum atomic E-state index is -0.216. The molecule has 2 aromatic rings. The Labute approximate surface area is 129 Å². The summed E-state index contributed by atoms with van der Waals surface area (Å²) in [6.07, 6.45) is 0. The maximum Gasteiger partial charge on any atom is 0.257 e. The van der Waals surface area contributed by atoms with Gasteiger partial charge in [-0.25, -0.2) is 0 Å². The van der Waals surface area contributed by atoms with E-state index in [0.29, 0.717) is 16.3 Å². The van der Waals surface area contributed by atoms with E-state index < -0.39 is 0 Å². The van der Waals surface area contributed by atoms with Gasteiger partial charge in [0.2, 0.25) is 0 Å². The molecule has 0 heterocycles. The van der Waals surface area contributed by atoms with Crippen LogP contribution < -0.4 is 15.4 Å². The lowest BCUT2D eigenvalue weighted by molar-refractivity contribution is 0.102. The second-order valence-corrected chi connectivity index (χ2v) is 5.01. The highest BCUT2D eigenvalue weighted by atomic mass is 35.5. The predicted octanol–water partition coefficient (Wildman–Crippen LogP) is 3.95. The Balaban J connectivity index is 2.26. The van der Waals surface area contributed by atoms with Crippen LogP contribution in [0.1, 0.15) is 15.9 Å². The summed E-state index contributed by atoms with van der Waals surface area (Å²) in [7, 11) is 3.38. The highest BCUT2D eigenvalue weighted by Gasteiger charge is 2.12. The van der Waals surface area contributed by atoms with E-state index in [4.69, 9.17) is 16.3 Å². The van der Waals surface area contributed by atoms with Crippen LogP contribution in [0.25, 0.3) is 0 Å². The molecule has 21 heavy (non-hydrogen) atoms. The molecule has 0 aromatic heterocycles. The molecule has 0 spiro atoms. The van der Waals surface area contributed by atoms with E-state index >= 15 is 0 Å². The van der Waals surface area contributed by atoms with Crippen molar-refractivity contribution >= 4 is 28.9 Å². The average molecular weight is 305 g/mol. The standard InChI is InChI=1S/C16H17ClN2O2/c1-10-8-12(5-7-15(10)21-3)19-16(20)13-9-11(17)4-6-14(13)18-2/h4-9,18H,1-3H3,(H,19,20). The second-order valence-electron chi connectivity index (χ2n) is 4.58. The van der Waals surface area contributed by atoms with Gasteiger partial charge in [0.05, 0.1) is 12.7 Å². The van der Waals surface area contributed by atoms with Crippen molar-refractivity contribution in [2.24, 2.45) is 0 Å². The number of nitrogens with one attached hydrogen (secondary N) is 2. The Kier molecular flexibility index (Phi) is 4.70. The zero-order valence-corrected chi connectivity index (χ0v) is 12.9. The van der Waals surface area contributed by atoms with Crippen molar-refractivity contribution in [1.82, 2.24) is 0 Å². The van der Waals surface area contributed by atoms with Crippen molar-refractivity contribution in [3.63, 3.8) is 0 Å². The Morgan fingerprint density at radius 2 is 1.95 bits per heavy atom. The number of methoxy groups -OCH3 is 1. The summed E-state index contributed by atoms with van der Waals surface area (Å²) in [5.41, 5.74) is 2.89. The molecule has 0 saturated heterocycles. The highest BCUT2D eigenvalue weighted by Crippen LogP contribution is 2.24. The SMILES string of the molecule is CNc1ccc(Cl)cc1C(=O)Nc1ccc(OC)c(C)c1. The monoisotopic (exact) mass is 304 g/mol. The first-order valence-corrected chi connectivity index (χ1v) is 6.86. The predicted molar refractivity (Wildman–Crippen MR) is 86.7 cm³/mol. The number of hydrogen-bond acceptors (Lipinski definition) is 3. The molecule has 0 aliphatic carbocycles. The molecule has 1 amide bonds. The molecule has 5 heteroatoms. The van der Waals surface area contributed by atoms with Gasteiger partial charge in [0, 0.05) is 23.4 Å². The van der Waals surface area contributed by atoms with E-state index in [1.54, 1.807) is 38.4 Å². The van der Waals surface area contributed by atoms with Gasteiger partial charge in [0.25, 0.3) is 5.91 Å². The van der Waals surface area contributed by atoms with Crippen LogP contribution >= 0.6 is 11.6 Å². The third kappa shape index (κ3) is 3.47. The number of rotatable bonds is 4. The lowest BCUT2D eigenvalue weighted by Gasteiger charge is -2.12. The van der Waals surface area contributed by atoms with E-state index in [1.165, 1.54) is 0 Å². The van der Waals surface area contributed by atoms with Crippen molar-refractivity contribution in [2.75, 3.05) is 24.8 Å². The number of carbonyl (C=O) groups excluding carboxylic acids is 1. The van der Waals surface area contributed by atoms with Gasteiger partial charge in [-0.3, -0.25) is 4.79 Å². The second kappa shape index (κ2) is 6.50. The number of anilines is 2. The number of ether oxygens (including phenoxy) is 1. The number of aryl methyl sites for hydroxylation is 1. The van der Waals surface area contributed by atoms with E-state index in [9.17, 15) is 4.79 Å². The Morgan fingerprint density at radius 1 is 1.19 bits per heavy atom. The topological polar surface area (TPSA) is 50.4 Å². The molecule has 0 saturated carbocycles. The summed E-state index contributed by atoms with van der Waals surface area (Å²) < 4.78 is 5.20. The molecule has 0 atom stereocenters. The van der Waals surface area contributed by atoms with Crippen LogP contribution in [0.15, 0.2) is 36.4 Å². The van der Waals surface area contributed by atoms with E-state index in [0.717, 1.165) is 17.0 Å². The number of benzene rings is 2. The van der Waals surface area contributed by atoms with Crippen LogP contribution in [0.4, 0.5) is 11.4 Å². The molecule has 2 rings (SSSR count). The molecule has 0 unspecified atom stereocenters. The van der Waals surface area contributed by atoms with Crippen molar-refractivity contribution in [2.45, 2.75) is 6.92 Å². The molecule has 0 aliphatic heterocycles. The summed E-state index contributed by atoms with van der Waals surface area (Å²) in [5.74, 6) is 0.568. The molecule has 0 aliphatic rings. The van der Waals surface area contributed by atoms with Crippen LogP contribution in [-0.4, -0.2) is 20.1 Å². The van der Waals surface area contributed by atoms with Gasteiger partial charge in [-0.2, -0.15) is 0 Å². The maximum absolute atomic E-state index is 12.4. The van der Waals surface area contributed by atoms with Gasteiger partial charge >= 0.3 is 0 Å². The fraction of sp³-hybridized carbons (Fsp3) is 0.188. The molecule has 110 valence electrons. The Hall–Kier alpha value is -2.20. The molecule has 0 radical (unpaired) electrons. The third-order valence-electron chi connectivity index (χ3n) is 3.15. The molecule has 4 nitrogen and oxygen atoms in total. The maximum atomic E-state index is 12.4. The fourth-order valence-corrected chi connectivity index (χ4v) is 2.25. The van der Waals surface area contributed by atoms with E-state index in [1.807, 2.05) is 19.1 Å². The number of halogens is 1. The lowest BCUT2D eigenvalue weighted by atomic mass is 10.1. The van der Waals surface area contributed by atoms with Gasteiger partial charge < -0.3 is 15.4 Å². The Morgan fingerprint density at radius 3 is 2.57 bits per heavy atom. The summed E-state index contributed by atoms with van der Waals surface area (Å²) in [4.78, 5) is 12.4. The largest absolute Gasteiger partial charge is 0.496 e. The summed E-state index contributed by atoms with van der Waals surface area (Å²) in [5, 5.41) is 6.36. The van der Waals surface area contributed by atoms with Gasteiger partial charge in [-0.05, 0) is 48.9 Å². The van der Waals surface area contributed by atoms with Crippen LogP contribution in [0.2, 0.25) is 5.02 Å². The quantitative estimate of drug-likeness (QED) is 0.899. The molecule has 0 fully saturated rings. The molecule has 2 aromatic carbocycles. The summed E-state index contributed by atoms with van der Waals surface area (Å²) in [6.45, 7) is 1.92. The lowest BCUT2D eigenvalue weighted by Crippen LogP contribution is -2.14. The van der Waals surface area contributed by atoms with Gasteiger partial charge in [-0.15, -0.1) is 0 Å². The van der Waals surface area contributed by atoms with Crippen molar-refractivity contribution in [3.8, 4) is 5.75 Å². The molecule has 2 N–H and O–H groups in total. The number of hydrogen-bond donors (Lipinski definition) is 2. The van der Waals surface area contributed by atoms with Crippen LogP contribution in [0.3, 0.4) is 0 Å². The fourth-order valence-electron chi connectivity index (χ4n) is 2.08. The smallest absolute Gasteiger partial charge is 0.257 e. The van der Waals surface area contributed by atoms with Crippen LogP contribution in [0, 0.1) is 6.92 Å². The first kappa shape index (κ1) is 15.2. The van der Waals surface area contributed by atoms with Gasteiger partial charge in [-0.1, -0.05) is 11.6 Å². The van der Waals surface area contributed by atoms with Crippen molar-refractivity contribution < 1.29 is 9.53 Å². The van der Waals surface area contributed by atoms with Crippen LogP contribution in [-0.2, 0) is 0 Å². The first-order chi connectivity index (χ1) is 10.0. The minimum absolute atomic E-state index is 0.216. The summed E-state index contributed by atoms with van der Waals surface area (Å²) in [6, 6.07) is 10.6. The average Bonchev–Trinajstić information content (AvgIpc) is 2.47. The number of amides is 1. The normalized spacial score (nSPS) is 10.1. The third-order valence-corrected chi connectivity index (χ3v) is 3.38. The van der Waals surface area contributed by atoms with Crippen molar-refractivity contribution in [3.05, 3.63) is 52.5 Å². The summed E-state index contributed by atoms with van der Waals surface area (Å²) >= 11 is 5.96.